The highest BCUT2D eigenvalue weighted by atomic mass is 16.5. The fraction of sp³-hybridized carbons (Fsp3) is 0. The number of fused-ring (bicyclic) bond motifs is 1. The summed E-state index contributed by atoms with van der Waals surface area (Å²) < 4.78 is 5.87. The number of nitrogens with zero attached hydrogens (tertiary/aromatic N) is 2. The van der Waals surface area contributed by atoms with E-state index in [0.29, 0.717) is 23.1 Å². The predicted octanol–water partition coefficient (Wildman–Crippen LogP) is 4.44. The SMILES string of the molecule is Nc1c(NNc2ccccc2)ncnc1Oc1ccc2ccccc2c1. The minimum Gasteiger partial charge on any atom is -0.437 e. The maximum Gasteiger partial charge on any atom is 0.248 e. The summed E-state index contributed by atoms with van der Waals surface area (Å²) in [6.45, 7) is 0. The van der Waals surface area contributed by atoms with E-state index >= 15 is 0 Å². The van der Waals surface area contributed by atoms with E-state index in [1.807, 2.05) is 66.7 Å². The number of aromatic nitrogens is 2. The van der Waals surface area contributed by atoms with Gasteiger partial charge in [0.25, 0.3) is 0 Å². The van der Waals surface area contributed by atoms with Crippen LogP contribution < -0.4 is 21.3 Å². The Hall–Kier alpha value is -3.80. The molecule has 3 aromatic carbocycles. The van der Waals surface area contributed by atoms with Gasteiger partial charge in [-0.25, -0.2) is 4.98 Å². The molecule has 128 valence electrons. The summed E-state index contributed by atoms with van der Waals surface area (Å²) in [7, 11) is 0. The van der Waals surface area contributed by atoms with Crippen molar-refractivity contribution in [2.24, 2.45) is 0 Å². The van der Waals surface area contributed by atoms with E-state index in [-0.39, 0.29) is 0 Å². The number of hydrogen-bond acceptors (Lipinski definition) is 6. The fourth-order valence-electron chi connectivity index (χ4n) is 2.56. The van der Waals surface area contributed by atoms with Gasteiger partial charge in [0.2, 0.25) is 5.88 Å². The third kappa shape index (κ3) is 3.34. The number of hydrazine groups is 1. The van der Waals surface area contributed by atoms with Crippen molar-refractivity contribution < 1.29 is 4.74 Å². The molecule has 0 aliphatic carbocycles. The number of nitrogen functional groups attached to an aromatic ring is 1. The first kappa shape index (κ1) is 15.7. The number of para-hydroxylation sites is 1. The Kier molecular flexibility index (Phi) is 4.22. The number of ether oxygens (including phenoxy) is 1. The molecule has 0 saturated carbocycles. The molecule has 6 nitrogen and oxygen atoms in total. The predicted molar refractivity (Wildman–Crippen MR) is 104 cm³/mol. The van der Waals surface area contributed by atoms with Crippen LogP contribution in [-0.2, 0) is 0 Å². The van der Waals surface area contributed by atoms with Crippen molar-refractivity contribution in [1.29, 1.82) is 0 Å². The largest absolute Gasteiger partial charge is 0.437 e. The summed E-state index contributed by atoms with van der Waals surface area (Å²) >= 11 is 0. The molecule has 0 aliphatic rings. The lowest BCUT2D eigenvalue weighted by molar-refractivity contribution is 0.465. The molecule has 0 spiro atoms. The molecule has 0 unspecified atom stereocenters. The van der Waals surface area contributed by atoms with Crippen LogP contribution in [0, 0.1) is 0 Å². The second-order valence-corrected chi connectivity index (χ2v) is 5.67. The molecule has 0 bridgehead atoms. The monoisotopic (exact) mass is 343 g/mol. The fourth-order valence-corrected chi connectivity index (χ4v) is 2.56. The Labute approximate surface area is 150 Å². The van der Waals surface area contributed by atoms with Crippen molar-refractivity contribution in [3.63, 3.8) is 0 Å². The molecule has 0 amide bonds. The van der Waals surface area contributed by atoms with E-state index in [1.165, 1.54) is 6.33 Å². The molecule has 4 aromatic rings. The lowest BCUT2D eigenvalue weighted by Gasteiger charge is -2.13. The van der Waals surface area contributed by atoms with E-state index in [1.54, 1.807) is 0 Å². The molecule has 0 saturated heterocycles. The van der Waals surface area contributed by atoms with Gasteiger partial charge in [0.15, 0.2) is 5.82 Å². The molecule has 0 atom stereocenters. The summed E-state index contributed by atoms with van der Waals surface area (Å²) in [6, 6.07) is 23.6. The van der Waals surface area contributed by atoms with Crippen LogP contribution in [0.4, 0.5) is 17.2 Å². The lowest BCUT2D eigenvalue weighted by Crippen LogP contribution is -2.12. The third-order valence-corrected chi connectivity index (χ3v) is 3.88. The Bertz CT molecular complexity index is 1040. The normalized spacial score (nSPS) is 10.5. The van der Waals surface area contributed by atoms with E-state index < -0.39 is 0 Å². The van der Waals surface area contributed by atoms with E-state index in [2.05, 4.69) is 26.9 Å². The maximum absolute atomic E-state index is 6.16. The molecule has 0 aliphatic heterocycles. The van der Waals surface area contributed by atoms with E-state index in [0.717, 1.165) is 16.5 Å². The Morgan fingerprint density at radius 2 is 1.54 bits per heavy atom. The molecular weight excluding hydrogens is 326 g/mol. The van der Waals surface area contributed by atoms with Crippen LogP contribution in [0.25, 0.3) is 10.8 Å². The van der Waals surface area contributed by atoms with Crippen LogP contribution >= 0.6 is 0 Å². The highest BCUT2D eigenvalue weighted by Gasteiger charge is 2.10. The van der Waals surface area contributed by atoms with Gasteiger partial charge in [-0.1, -0.05) is 48.5 Å². The van der Waals surface area contributed by atoms with Crippen LogP contribution in [0.5, 0.6) is 11.6 Å². The minimum atomic E-state index is 0.299. The van der Waals surface area contributed by atoms with Gasteiger partial charge in [-0.15, -0.1) is 0 Å². The number of hydrogen-bond donors (Lipinski definition) is 3. The number of benzene rings is 3. The molecule has 1 aromatic heterocycles. The highest BCUT2D eigenvalue weighted by Crippen LogP contribution is 2.30. The average Bonchev–Trinajstić information content (AvgIpc) is 2.69. The standard InChI is InChI=1S/C20H17N5O/c21-18-19(25-24-16-8-2-1-3-9-16)22-13-23-20(18)26-17-11-10-14-6-4-5-7-15(14)12-17/h1-13,24H,21H2,(H,22,23,25). The zero-order chi connectivity index (χ0) is 17.8. The molecule has 4 N–H and O–H groups in total. The molecule has 26 heavy (non-hydrogen) atoms. The molecule has 6 heteroatoms. The van der Waals surface area contributed by atoms with Crippen molar-refractivity contribution in [3.05, 3.63) is 79.1 Å². The number of rotatable bonds is 5. The van der Waals surface area contributed by atoms with Crippen molar-refractivity contribution in [1.82, 2.24) is 9.97 Å². The second-order valence-electron chi connectivity index (χ2n) is 5.67. The summed E-state index contributed by atoms with van der Waals surface area (Å²) in [5, 5.41) is 2.23. The smallest absolute Gasteiger partial charge is 0.248 e. The molecule has 0 radical (unpaired) electrons. The summed E-state index contributed by atoms with van der Waals surface area (Å²) in [5.41, 5.74) is 13.4. The van der Waals surface area contributed by atoms with Gasteiger partial charge in [-0.05, 0) is 35.0 Å². The zero-order valence-corrected chi connectivity index (χ0v) is 13.9. The number of anilines is 3. The van der Waals surface area contributed by atoms with Gasteiger partial charge >= 0.3 is 0 Å². The van der Waals surface area contributed by atoms with Gasteiger partial charge in [0.1, 0.15) is 17.8 Å². The van der Waals surface area contributed by atoms with E-state index in [4.69, 9.17) is 10.5 Å². The van der Waals surface area contributed by atoms with Gasteiger partial charge in [0.05, 0.1) is 5.69 Å². The van der Waals surface area contributed by atoms with Crippen molar-refractivity contribution in [2.75, 3.05) is 16.6 Å². The van der Waals surface area contributed by atoms with Gasteiger partial charge in [-0.2, -0.15) is 4.98 Å². The molecular formula is C20H17N5O. The Morgan fingerprint density at radius 1 is 0.769 bits per heavy atom. The average molecular weight is 343 g/mol. The Morgan fingerprint density at radius 3 is 2.38 bits per heavy atom. The highest BCUT2D eigenvalue weighted by molar-refractivity contribution is 5.84. The first-order chi connectivity index (χ1) is 12.8. The van der Waals surface area contributed by atoms with Gasteiger partial charge in [-0.3, -0.25) is 10.9 Å². The first-order valence-electron chi connectivity index (χ1n) is 8.14. The van der Waals surface area contributed by atoms with Gasteiger partial charge < -0.3 is 10.5 Å². The van der Waals surface area contributed by atoms with Crippen LogP contribution in [0.1, 0.15) is 0 Å². The summed E-state index contributed by atoms with van der Waals surface area (Å²) in [4.78, 5) is 8.30. The second kappa shape index (κ2) is 6.98. The van der Waals surface area contributed by atoms with Crippen molar-refractivity contribution >= 4 is 28.0 Å². The molecule has 0 fully saturated rings. The van der Waals surface area contributed by atoms with E-state index in [9.17, 15) is 0 Å². The molecule has 4 rings (SSSR count). The quantitative estimate of drug-likeness (QED) is 0.464. The zero-order valence-electron chi connectivity index (χ0n) is 13.9. The number of nitrogens with two attached hydrogens (primary N) is 1. The minimum absolute atomic E-state index is 0.299. The van der Waals surface area contributed by atoms with Crippen molar-refractivity contribution in [2.45, 2.75) is 0 Å². The van der Waals surface area contributed by atoms with Crippen LogP contribution in [0.3, 0.4) is 0 Å². The molecule has 1 heterocycles. The topological polar surface area (TPSA) is 85.1 Å². The first-order valence-corrected chi connectivity index (χ1v) is 8.14. The summed E-state index contributed by atoms with van der Waals surface area (Å²) in [5.74, 6) is 1.41. The Balaban J connectivity index is 1.54. The maximum atomic E-state index is 6.16. The number of nitrogens with one attached hydrogen (secondary N) is 2. The lowest BCUT2D eigenvalue weighted by atomic mass is 10.1. The van der Waals surface area contributed by atoms with Crippen LogP contribution in [0.2, 0.25) is 0 Å². The van der Waals surface area contributed by atoms with Gasteiger partial charge in [0, 0.05) is 0 Å². The van der Waals surface area contributed by atoms with Crippen LogP contribution in [-0.4, -0.2) is 9.97 Å². The van der Waals surface area contributed by atoms with Crippen LogP contribution in [0.15, 0.2) is 79.1 Å². The van der Waals surface area contributed by atoms with Crippen molar-refractivity contribution in [3.8, 4) is 11.6 Å². The summed E-state index contributed by atoms with van der Waals surface area (Å²) in [6.07, 6.45) is 1.40. The third-order valence-electron chi connectivity index (χ3n) is 3.88.